The van der Waals surface area contributed by atoms with Gasteiger partial charge in [-0.2, -0.15) is 0 Å². The topological polar surface area (TPSA) is 107 Å². The molecule has 192 valence electrons. The van der Waals surface area contributed by atoms with Crippen molar-refractivity contribution in [3.8, 4) is 11.5 Å². The number of methoxy groups -OCH3 is 1. The van der Waals surface area contributed by atoms with Gasteiger partial charge in [0.25, 0.3) is 0 Å². The lowest BCUT2D eigenvalue weighted by Crippen LogP contribution is -2.17. The number of aryl methyl sites for hydroxylation is 1. The summed E-state index contributed by atoms with van der Waals surface area (Å²) in [4.78, 5) is 24.1. The molecule has 0 saturated carbocycles. The fourth-order valence-electron chi connectivity index (χ4n) is 3.53. The molecule has 0 fully saturated rings. The monoisotopic (exact) mass is 511 g/mol. The van der Waals surface area contributed by atoms with Crippen molar-refractivity contribution in [2.75, 3.05) is 23.5 Å². The van der Waals surface area contributed by atoms with Crippen molar-refractivity contribution in [2.24, 2.45) is 5.92 Å². The highest BCUT2D eigenvalue weighted by molar-refractivity contribution is 7.99. The van der Waals surface area contributed by atoms with E-state index in [4.69, 9.17) is 9.47 Å². The van der Waals surface area contributed by atoms with Gasteiger partial charge in [0, 0.05) is 30.9 Å². The highest BCUT2D eigenvalue weighted by Crippen LogP contribution is 2.28. The van der Waals surface area contributed by atoms with E-state index in [-0.39, 0.29) is 23.7 Å². The van der Waals surface area contributed by atoms with Crippen LogP contribution < -0.4 is 20.1 Å². The zero-order chi connectivity index (χ0) is 26.2. The van der Waals surface area contributed by atoms with Crippen LogP contribution in [-0.4, -0.2) is 39.4 Å². The number of aromatic nitrogens is 3. The molecule has 2 amide bonds. The van der Waals surface area contributed by atoms with Gasteiger partial charge in [-0.3, -0.25) is 9.59 Å². The average Bonchev–Trinajstić information content (AvgIpc) is 3.21. The van der Waals surface area contributed by atoms with Crippen LogP contribution in [0.1, 0.15) is 45.2 Å². The zero-order valence-electron chi connectivity index (χ0n) is 21.5. The Morgan fingerprint density at radius 1 is 1.06 bits per heavy atom. The Balaban J connectivity index is 1.69. The van der Waals surface area contributed by atoms with Gasteiger partial charge in [-0.25, -0.2) is 0 Å². The van der Waals surface area contributed by atoms with Gasteiger partial charge in [-0.15, -0.1) is 10.2 Å². The SMILES string of the molecule is COc1cccc(OC(C)c2nnc(SCC(=O)Nc3ccc(C)c(NC(C)=O)c3)n2CC(C)C)c1. The summed E-state index contributed by atoms with van der Waals surface area (Å²) in [7, 11) is 1.61. The summed E-state index contributed by atoms with van der Waals surface area (Å²) < 4.78 is 13.4. The molecular formula is C26H33N5O4S. The van der Waals surface area contributed by atoms with Crippen molar-refractivity contribution < 1.29 is 19.1 Å². The number of ether oxygens (including phenoxy) is 2. The molecule has 1 aromatic heterocycles. The number of carbonyl (C=O) groups excluding carboxylic acids is 2. The first-order valence-corrected chi connectivity index (χ1v) is 12.7. The summed E-state index contributed by atoms with van der Waals surface area (Å²) in [5.74, 6) is 2.23. The van der Waals surface area contributed by atoms with Crippen LogP contribution in [-0.2, 0) is 16.1 Å². The molecule has 3 aromatic rings. The Labute approximate surface area is 216 Å². The molecule has 2 aromatic carbocycles. The lowest BCUT2D eigenvalue weighted by molar-refractivity contribution is -0.114. The van der Waals surface area contributed by atoms with Crippen LogP contribution in [0, 0.1) is 12.8 Å². The molecule has 3 rings (SSSR count). The van der Waals surface area contributed by atoms with Gasteiger partial charge in [-0.05, 0) is 49.6 Å². The minimum Gasteiger partial charge on any atom is -0.497 e. The van der Waals surface area contributed by atoms with Crippen LogP contribution in [0.15, 0.2) is 47.6 Å². The fraction of sp³-hybridized carbons (Fsp3) is 0.385. The van der Waals surface area contributed by atoms with Gasteiger partial charge in [0.15, 0.2) is 17.1 Å². The first-order valence-electron chi connectivity index (χ1n) is 11.7. The van der Waals surface area contributed by atoms with Gasteiger partial charge in [0.05, 0.1) is 12.9 Å². The third-order valence-electron chi connectivity index (χ3n) is 5.18. The van der Waals surface area contributed by atoms with Crippen molar-refractivity contribution >= 4 is 35.0 Å². The molecule has 0 bridgehead atoms. The maximum absolute atomic E-state index is 12.7. The Bertz CT molecular complexity index is 1210. The van der Waals surface area contributed by atoms with Crippen molar-refractivity contribution in [3.05, 3.63) is 53.9 Å². The highest BCUT2D eigenvalue weighted by Gasteiger charge is 2.21. The smallest absolute Gasteiger partial charge is 0.234 e. The van der Waals surface area contributed by atoms with E-state index >= 15 is 0 Å². The summed E-state index contributed by atoms with van der Waals surface area (Å²) in [6.45, 7) is 10.2. The molecule has 9 nitrogen and oxygen atoms in total. The molecular weight excluding hydrogens is 478 g/mol. The van der Waals surface area contributed by atoms with E-state index in [1.165, 1.54) is 18.7 Å². The quantitative estimate of drug-likeness (QED) is 0.346. The second-order valence-corrected chi connectivity index (χ2v) is 9.77. The van der Waals surface area contributed by atoms with Crippen molar-refractivity contribution in [2.45, 2.75) is 52.4 Å². The number of benzene rings is 2. The Morgan fingerprint density at radius 3 is 2.50 bits per heavy atom. The minimum atomic E-state index is -0.355. The molecule has 0 radical (unpaired) electrons. The highest BCUT2D eigenvalue weighted by atomic mass is 32.2. The summed E-state index contributed by atoms with van der Waals surface area (Å²) in [5, 5.41) is 15.0. The number of amides is 2. The standard InChI is InChI=1S/C26H33N5O4S/c1-16(2)14-31-25(18(4)35-22-9-7-8-21(13-22)34-6)29-30-26(31)36-15-24(33)28-20-11-10-17(3)23(12-20)27-19(5)32/h7-13,16,18H,14-15H2,1-6H3,(H,27,32)(H,28,33). The van der Waals surface area contributed by atoms with Crippen LogP contribution in [0.2, 0.25) is 0 Å². The minimum absolute atomic E-state index is 0.157. The first-order chi connectivity index (χ1) is 17.2. The van der Waals surface area contributed by atoms with Crippen LogP contribution in [0.4, 0.5) is 11.4 Å². The summed E-state index contributed by atoms with van der Waals surface area (Å²) in [6, 6.07) is 12.8. The molecule has 0 saturated heterocycles. The third kappa shape index (κ3) is 7.48. The van der Waals surface area contributed by atoms with Crippen LogP contribution in [0.25, 0.3) is 0 Å². The summed E-state index contributed by atoms with van der Waals surface area (Å²) in [6.07, 6.45) is -0.355. The molecule has 0 aliphatic heterocycles. The van der Waals surface area contributed by atoms with Crippen molar-refractivity contribution in [3.63, 3.8) is 0 Å². The number of hydrogen-bond acceptors (Lipinski definition) is 7. The van der Waals surface area contributed by atoms with E-state index in [1.54, 1.807) is 19.2 Å². The number of thioether (sulfide) groups is 1. The Kier molecular flexibility index (Phi) is 9.35. The number of nitrogens with one attached hydrogen (secondary N) is 2. The van der Waals surface area contributed by atoms with Gasteiger partial charge in [0.2, 0.25) is 11.8 Å². The van der Waals surface area contributed by atoms with E-state index in [1.807, 2.05) is 48.7 Å². The number of carbonyl (C=O) groups is 2. The molecule has 36 heavy (non-hydrogen) atoms. The molecule has 1 unspecified atom stereocenters. The zero-order valence-corrected chi connectivity index (χ0v) is 22.3. The van der Waals surface area contributed by atoms with E-state index in [0.717, 1.165) is 5.56 Å². The van der Waals surface area contributed by atoms with E-state index in [2.05, 4.69) is 34.7 Å². The van der Waals surface area contributed by atoms with E-state index in [0.29, 0.717) is 46.3 Å². The van der Waals surface area contributed by atoms with Crippen molar-refractivity contribution in [1.82, 2.24) is 14.8 Å². The van der Waals surface area contributed by atoms with Crippen molar-refractivity contribution in [1.29, 1.82) is 0 Å². The molecule has 2 N–H and O–H groups in total. The van der Waals surface area contributed by atoms with E-state index in [9.17, 15) is 9.59 Å². The van der Waals surface area contributed by atoms with E-state index < -0.39 is 0 Å². The molecule has 0 aliphatic carbocycles. The lowest BCUT2D eigenvalue weighted by atomic mass is 10.2. The predicted octanol–water partition coefficient (Wildman–Crippen LogP) is 5.08. The Morgan fingerprint density at radius 2 is 1.81 bits per heavy atom. The second kappa shape index (κ2) is 12.4. The second-order valence-electron chi connectivity index (χ2n) is 8.83. The number of nitrogens with zero attached hydrogens (tertiary/aromatic N) is 3. The number of anilines is 2. The van der Waals surface area contributed by atoms with Crippen LogP contribution >= 0.6 is 11.8 Å². The van der Waals surface area contributed by atoms with Gasteiger partial charge < -0.3 is 24.7 Å². The van der Waals surface area contributed by atoms with Crippen LogP contribution in [0.3, 0.4) is 0 Å². The normalized spacial score (nSPS) is 11.8. The largest absolute Gasteiger partial charge is 0.497 e. The van der Waals surface area contributed by atoms with Gasteiger partial charge in [-0.1, -0.05) is 37.7 Å². The van der Waals surface area contributed by atoms with Crippen LogP contribution in [0.5, 0.6) is 11.5 Å². The lowest BCUT2D eigenvalue weighted by Gasteiger charge is -2.18. The fourth-order valence-corrected chi connectivity index (χ4v) is 4.28. The summed E-state index contributed by atoms with van der Waals surface area (Å²) >= 11 is 1.32. The summed E-state index contributed by atoms with van der Waals surface area (Å²) in [5.41, 5.74) is 2.19. The Hall–Kier alpha value is -3.53. The number of hydrogen-bond donors (Lipinski definition) is 2. The predicted molar refractivity (Wildman–Crippen MR) is 142 cm³/mol. The van der Waals surface area contributed by atoms with Gasteiger partial charge in [0.1, 0.15) is 11.5 Å². The molecule has 1 atom stereocenters. The molecule has 0 spiro atoms. The third-order valence-corrected chi connectivity index (χ3v) is 6.14. The van der Waals surface area contributed by atoms with Gasteiger partial charge >= 0.3 is 0 Å². The first kappa shape index (κ1) is 27.1. The maximum Gasteiger partial charge on any atom is 0.234 e. The molecule has 0 aliphatic rings. The average molecular weight is 512 g/mol. The maximum atomic E-state index is 12.7. The molecule has 10 heteroatoms. The molecule has 1 heterocycles. The number of rotatable bonds is 11.